The zero-order valence-corrected chi connectivity index (χ0v) is 13.9. The Balaban J connectivity index is 0.000000956. The fourth-order valence-electron chi connectivity index (χ4n) is 3.58. The van der Waals surface area contributed by atoms with Crippen molar-refractivity contribution in [1.29, 1.82) is 0 Å². The molecule has 2 nitrogen and oxygen atoms in total. The molecule has 2 fully saturated rings. The minimum absolute atomic E-state index is 0.00869. The molecule has 20 heavy (non-hydrogen) atoms. The topological polar surface area (TPSA) is 35.2 Å². The third-order valence-electron chi connectivity index (χ3n) is 5.07. The molecule has 0 atom stereocenters. The van der Waals surface area contributed by atoms with Crippen LogP contribution in [0.25, 0.3) is 0 Å². The number of nitrogens with two attached hydrogens (primary N) is 1. The van der Waals surface area contributed by atoms with Gasteiger partial charge in [-0.15, -0.1) is 13.2 Å². The van der Waals surface area contributed by atoms with Crippen LogP contribution in [0, 0.1) is 11.8 Å². The molecule has 0 amide bonds. The van der Waals surface area contributed by atoms with E-state index >= 15 is 0 Å². The van der Waals surface area contributed by atoms with Crippen LogP contribution in [-0.4, -0.2) is 17.7 Å². The van der Waals surface area contributed by atoms with E-state index in [1.54, 1.807) is 0 Å². The summed E-state index contributed by atoms with van der Waals surface area (Å²) in [5.74, 6) is 1.60. The number of hydrogen-bond acceptors (Lipinski definition) is 2. The summed E-state index contributed by atoms with van der Waals surface area (Å²) in [5, 5.41) is 0. The van der Waals surface area contributed by atoms with Crippen molar-refractivity contribution in [2.45, 2.75) is 89.9 Å². The van der Waals surface area contributed by atoms with Gasteiger partial charge in [-0.25, -0.2) is 0 Å². The van der Waals surface area contributed by atoms with Gasteiger partial charge < -0.3 is 10.5 Å². The van der Waals surface area contributed by atoms with Gasteiger partial charge in [-0.05, 0) is 77.0 Å². The first kappa shape index (κ1) is 17.7. The van der Waals surface area contributed by atoms with E-state index in [1.807, 2.05) is 0 Å². The second-order valence-corrected chi connectivity index (χ2v) is 7.31. The van der Waals surface area contributed by atoms with Crippen LogP contribution in [0.1, 0.15) is 72.1 Å². The normalized spacial score (nSPS) is 35.0. The van der Waals surface area contributed by atoms with E-state index in [0.717, 1.165) is 5.92 Å². The van der Waals surface area contributed by atoms with Gasteiger partial charge in [-0.3, -0.25) is 0 Å². The van der Waals surface area contributed by atoms with Gasteiger partial charge in [0.05, 0.1) is 12.2 Å². The van der Waals surface area contributed by atoms with Crippen LogP contribution >= 0.6 is 0 Å². The molecule has 0 aromatic rings. The standard InChI is InChI=1S/C16H31NO.C2H4/c1-12-4-8-14(9-5-12)18-15-10-6-13(7-11-15)16(2,3)17;1-2/h12-15H,4-11,17H2,1-3H3;1-2H2. The molecule has 2 aliphatic rings. The van der Waals surface area contributed by atoms with Crippen LogP contribution in [0.4, 0.5) is 0 Å². The SMILES string of the molecule is C=C.CC1CCC(OC2CCC(C(C)(C)N)CC2)CC1. The molecule has 118 valence electrons. The summed E-state index contributed by atoms with van der Waals surface area (Å²) in [4.78, 5) is 0. The summed E-state index contributed by atoms with van der Waals surface area (Å²) in [6.45, 7) is 12.7. The fourth-order valence-corrected chi connectivity index (χ4v) is 3.58. The molecule has 0 unspecified atom stereocenters. The highest BCUT2D eigenvalue weighted by atomic mass is 16.5. The Bertz CT molecular complexity index is 255. The molecule has 0 spiro atoms. The van der Waals surface area contributed by atoms with Gasteiger partial charge in [-0.2, -0.15) is 0 Å². The Morgan fingerprint density at radius 2 is 1.25 bits per heavy atom. The van der Waals surface area contributed by atoms with Crippen molar-refractivity contribution in [3.05, 3.63) is 13.2 Å². The Labute approximate surface area is 126 Å². The van der Waals surface area contributed by atoms with Crippen LogP contribution in [0.5, 0.6) is 0 Å². The zero-order chi connectivity index (χ0) is 15.2. The first-order valence-electron chi connectivity index (χ1n) is 8.39. The van der Waals surface area contributed by atoms with Crippen LogP contribution in [0.3, 0.4) is 0 Å². The summed E-state index contributed by atoms with van der Waals surface area (Å²) in [6.07, 6.45) is 11.3. The van der Waals surface area contributed by atoms with Gasteiger partial charge in [0.15, 0.2) is 0 Å². The zero-order valence-electron chi connectivity index (χ0n) is 13.9. The van der Waals surface area contributed by atoms with Gasteiger partial charge in [0.1, 0.15) is 0 Å². The van der Waals surface area contributed by atoms with Crippen molar-refractivity contribution in [2.24, 2.45) is 17.6 Å². The molecule has 0 saturated heterocycles. The van der Waals surface area contributed by atoms with E-state index in [-0.39, 0.29) is 5.54 Å². The quantitative estimate of drug-likeness (QED) is 0.762. The third kappa shape index (κ3) is 5.57. The third-order valence-corrected chi connectivity index (χ3v) is 5.07. The second kappa shape index (κ2) is 8.19. The number of ether oxygens (including phenoxy) is 1. The minimum atomic E-state index is -0.00869. The predicted octanol–water partition coefficient (Wildman–Crippen LogP) is 4.68. The predicted molar refractivity (Wildman–Crippen MR) is 87.8 cm³/mol. The average Bonchev–Trinajstić information content (AvgIpc) is 2.43. The first-order chi connectivity index (χ1) is 9.45. The van der Waals surface area contributed by atoms with Gasteiger partial charge in [0, 0.05) is 5.54 Å². The minimum Gasteiger partial charge on any atom is -0.375 e. The molecule has 2 aliphatic carbocycles. The highest BCUT2D eigenvalue weighted by Gasteiger charge is 2.31. The summed E-state index contributed by atoms with van der Waals surface area (Å²) >= 11 is 0. The van der Waals surface area contributed by atoms with Crippen LogP contribution < -0.4 is 5.73 Å². The summed E-state index contributed by atoms with van der Waals surface area (Å²) < 4.78 is 6.30. The molecule has 2 rings (SSSR count). The van der Waals surface area contributed by atoms with Crippen molar-refractivity contribution in [1.82, 2.24) is 0 Å². The monoisotopic (exact) mass is 281 g/mol. The van der Waals surface area contributed by atoms with Crippen molar-refractivity contribution in [2.75, 3.05) is 0 Å². The second-order valence-electron chi connectivity index (χ2n) is 7.31. The van der Waals surface area contributed by atoms with Crippen LogP contribution in [0.15, 0.2) is 13.2 Å². The molecular weight excluding hydrogens is 246 g/mol. The number of rotatable bonds is 3. The highest BCUT2D eigenvalue weighted by Crippen LogP contribution is 2.34. The van der Waals surface area contributed by atoms with E-state index < -0.39 is 0 Å². The molecular formula is C18H35NO. The lowest BCUT2D eigenvalue weighted by Gasteiger charge is -2.38. The smallest absolute Gasteiger partial charge is 0.0579 e. The first-order valence-corrected chi connectivity index (χ1v) is 8.39. The molecule has 2 N–H and O–H groups in total. The molecule has 0 aromatic carbocycles. The Morgan fingerprint density at radius 1 is 0.850 bits per heavy atom. The van der Waals surface area contributed by atoms with Crippen LogP contribution in [0.2, 0.25) is 0 Å². The summed E-state index contributed by atoms with van der Waals surface area (Å²) in [7, 11) is 0. The maximum atomic E-state index is 6.30. The largest absolute Gasteiger partial charge is 0.375 e. The lowest BCUT2D eigenvalue weighted by atomic mass is 9.76. The molecule has 0 aliphatic heterocycles. The molecule has 2 saturated carbocycles. The van der Waals surface area contributed by atoms with Gasteiger partial charge >= 0.3 is 0 Å². The molecule has 0 aromatic heterocycles. The van der Waals surface area contributed by atoms with Crippen molar-refractivity contribution in [3.63, 3.8) is 0 Å². The average molecular weight is 281 g/mol. The number of hydrogen-bond donors (Lipinski definition) is 1. The van der Waals surface area contributed by atoms with Gasteiger partial charge in [-0.1, -0.05) is 6.92 Å². The van der Waals surface area contributed by atoms with E-state index in [0.29, 0.717) is 18.1 Å². The lowest BCUT2D eigenvalue weighted by Crippen LogP contribution is -2.43. The van der Waals surface area contributed by atoms with Crippen LogP contribution in [-0.2, 0) is 4.74 Å². The van der Waals surface area contributed by atoms with Gasteiger partial charge in [0.2, 0.25) is 0 Å². The maximum absolute atomic E-state index is 6.30. The Kier molecular flexibility index (Phi) is 7.25. The van der Waals surface area contributed by atoms with Crippen molar-refractivity contribution >= 4 is 0 Å². The van der Waals surface area contributed by atoms with E-state index in [9.17, 15) is 0 Å². The van der Waals surface area contributed by atoms with Crippen molar-refractivity contribution < 1.29 is 4.74 Å². The van der Waals surface area contributed by atoms with Gasteiger partial charge in [0.25, 0.3) is 0 Å². The van der Waals surface area contributed by atoms with Crippen molar-refractivity contribution in [3.8, 4) is 0 Å². The summed E-state index contributed by atoms with van der Waals surface area (Å²) in [6, 6.07) is 0. The molecule has 2 heteroatoms. The molecule has 0 radical (unpaired) electrons. The molecule has 0 heterocycles. The Hall–Kier alpha value is -0.340. The lowest BCUT2D eigenvalue weighted by molar-refractivity contribution is -0.0587. The highest BCUT2D eigenvalue weighted by molar-refractivity contribution is 4.87. The Morgan fingerprint density at radius 3 is 1.65 bits per heavy atom. The van der Waals surface area contributed by atoms with E-state index in [4.69, 9.17) is 10.5 Å². The fraction of sp³-hybridized carbons (Fsp3) is 0.889. The maximum Gasteiger partial charge on any atom is 0.0579 e. The van der Waals surface area contributed by atoms with E-state index in [2.05, 4.69) is 33.9 Å². The molecule has 0 bridgehead atoms. The summed E-state index contributed by atoms with van der Waals surface area (Å²) in [5.41, 5.74) is 6.21. The van der Waals surface area contributed by atoms with E-state index in [1.165, 1.54) is 51.4 Å².